The first kappa shape index (κ1) is 17.7. The Balaban J connectivity index is 1.70. The van der Waals surface area contributed by atoms with E-state index in [1.807, 2.05) is 47.4 Å². The third-order valence-corrected chi connectivity index (χ3v) is 5.62. The van der Waals surface area contributed by atoms with Gasteiger partial charge >= 0.3 is 0 Å². The summed E-state index contributed by atoms with van der Waals surface area (Å²) in [7, 11) is 0. The van der Waals surface area contributed by atoms with E-state index >= 15 is 0 Å². The van der Waals surface area contributed by atoms with Gasteiger partial charge < -0.3 is 4.90 Å². The lowest BCUT2D eigenvalue weighted by molar-refractivity contribution is 0.101. The number of rotatable bonds is 3. The Hall–Kier alpha value is -2.70. The highest BCUT2D eigenvalue weighted by atomic mass is 35.5. The Kier molecular flexibility index (Phi) is 4.68. The number of benzene rings is 2. The molecule has 2 aromatic carbocycles. The van der Waals surface area contributed by atoms with E-state index in [0.717, 1.165) is 11.3 Å². The van der Waals surface area contributed by atoms with Crippen molar-refractivity contribution in [1.82, 2.24) is 4.57 Å². The number of fused-ring (bicyclic) bond motifs is 1. The lowest BCUT2D eigenvalue weighted by Gasteiger charge is -2.25. The lowest BCUT2D eigenvalue weighted by Crippen LogP contribution is -2.42. The average Bonchev–Trinajstić information content (AvgIpc) is 2.97. The molecule has 3 aromatic rings. The van der Waals surface area contributed by atoms with Crippen LogP contribution in [0.25, 0.3) is 6.08 Å². The van der Waals surface area contributed by atoms with Crippen LogP contribution in [0.4, 0.5) is 5.69 Å². The molecule has 0 aliphatic carbocycles. The van der Waals surface area contributed by atoms with Gasteiger partial charge in [0.15, 0.2) is 10.6 Å². The Labute approximate surface area is 164 Å². The van der Waals surface area contributed by atoms with E-state index in [-0.39, 0.29) is 11.3 Å². The molecule has 1 aliphatic heterocycles. The second-order valence-electron chi connectivity index (χ2n) is 6.27. The highest BCUT2D eigenvalue weighted by Crippen LogP contribution is 2.18. The van der Waals surface area contributed by atoms with Crippen molar-refractivity contribution < 1.29 is 4.79 Å². The Morgan fingerprint density at radius 3 is 2.81 bits per heavy atom. The van der Waals surface area contributed by atoms with Gasteiger partial charge in [0.2, 0.25) is 0 Å². The monoisotopic (exact) mass is 397 g/mol. The minimum atomic E-state index is -0.0776. The van der Waals surface area contributed by atoms with Gasteiger partial charge in [-0.2, -0.15) is 0 Å². The standard InChI is InChI=1S/C20H16ClN3O2S/c1-13(25)15-5-3-7-17(10-15)23-11-22-20-24(12-23)19(26)18(27-20)9-14-4-2-6-16(21)8-14/h2-10H,11-12H2,1H3. The molecule has 0 spiro atoms. The minimum absolute atomic E-state index is 0.0117. The lowest BCUT2D eigenvalue weighted by atomic mass is 10.1. The molecule has 0 saturated carbocycles. The number of ketones is 1. The van der Waals surface area contributed by atoms with E-state index in [4.69, 9.17) is 11.6 Å². The third kappa shape index (κ3) is 3.59. The Morgan fingerprint density at radius 1 is 1.22 bits per heavy atom. The number of halogens is 1. The van der Waals surface area contributed by atoms with Crippen LogP contribution in [0.2, 0.25) is 5.02 Å². The summed E-state index contributed by atoms with van der Waals surface area (Å²) in [6.45, 7) is 2.38. The normalized spacial score (nSPS) is 14.0. The number of hydrogen-bond donors (Lipinski definition) is 0. The van der Waals surface area contributed by atoms with Gasteiger partial charge in [0.05, 0.1) is 4.53 Å². The molecule has 0 N–H and O–H groups in total. The van der Waals surface area contributed by atoms with Gasteiger partial charge in [-0.3, -0.25) is 14.2 Å². The van der Waals surface area contributed by atoms with Crippen LogP contribution in [0.15, 0.2) is 58.3 Å². The highest BCUT2D eigenvalue weighted by Gasteiger charge is 2.16. The van der Waals surface area contributed by atoms with Crippen LogP contribution in [0, 0.1) is 0 Å². The van der Waals surface area contributed by atoms with Gasteiger partial charge in [0.25, 0.3) is 5.56 Å². The van der Waals surface area contributed by atoms with Crippen LogP contribution >= 0.6 is 22.9 Å². The summed E-state index contributed by atoms with van der Waals surface area (Å²) in [6, 6.07) is 14.8. The molecule has 0 amide bonds. The second-order valence-corrected chi connectivity index (χ2v) is 7.71. The maximum Gasteiger partial charge on any atom is 0.271 e. The van der Waals surface area contributed by atoms with Crippen molar-refractivity contribution >= 4 is 40.5 Å². The fraction of sp³-hybridized carbons (Fsp3) is 0.150. The molecule has 0 unspecified atom stereocenters. The summed E-state index contributed by atoms with van der Waals surface area (Å²) in [5.74, 6) is 0.0117. The Morgan fingerprint density at radius 2 is 2.04 bits per heavy atom. The number of thiazole rings is 1. The largest absolute Gasteiger partial charge is 0.334 e. The highest BCUT2D eigenvalue weighted by molar-refractivity contribution is 7.07. The summed E-state index contributed by atoms with van der Waals surface area (Å²) in [4.78, 5) is 31.7. The molecule has 1 aromatic heterocycles. The maximum absolute atomic E-state index is 12.8. The summed E-state index contributed by atoms with van der Waals surface area (Å²) < 4.78 is 2.28. The predicted octanol–water partition coefficient (Wildman–Crippen LogP) is 2.65. The van der Waals surface area contributed by atoms with Crippen LogP contribution in [0.5, 0.6) is 0 Å². The van der Waals surface area contributed by atoms with Gasteiger partial charge in [-0.15, -0.1) is 0 Å². The zero-order valence-electron chi connectivity index (χ0n) is 14.6. The summed E-state index contributed by atoms with van der Waals surface area (Å²) >= 11 is 7.40. The van der Waals surface area contributed by atoms with Crippen molar-refractivity contribution in [2.24, 2.45) is 4.99 Å². The van der Waals surface area contributed by atoms with Crippen molar-refractivity contribution in [2.45, 2.75) is 13.6 Å². The fourth-order valence-electron chi connectivity index (χ4n) is 2.94. The molecule has 136 valence electrons. The fourth-order valence-corrected chi connectivity index (χ4v) is 4.11. The van der Waals surface area contributed by atoms with Gasteiger partial charge in [-0.25, -0.2) is 4.99 Å². The first-order chi connectivity index (χ1) is 13.0. The zero-order chi connectivity index (χ0) is 19.0. The zero-order valence-corrected chi connectivity index (χ0v) is 16.1. The van der Waals surface area contributed by atoms with Crippen LogP contribution in [0.1, 0.15) is 22.8 Å². The molecular formula is C20H16ClN3O2S. The van der Waals surface area contributed by atoms with Crippen molar-refractivity contribution in [3.63, 3.8) is 0 Å². The molecule has 27 heavy (non-hydrogen) atoms. The second kappa shape index (κ2) is 7.13. The van der Waals surface area contributed by atoms with Crippen molar-refractivity contribution in [3.05, 3.63) is 84.4 Å². The minimum Gasteiger partial charge on any atom is -0.334 e. The molecule has 0 saturated heterocycles. The number of hydrogen-bond acceptors (Lipinski definition) is 5. The number of Topliss-reactive ketones (excluding diaryl/α,β-unsaturated/α-hetero) is 1. The van der Waals surface area contributed by atoms with Gasteiger partial charge in [-0.1, -0.05) is 47.2 Å². The SMILES string of the molecule is CC(=O)c1cccc(N2CN=c3sc(=Cc4cccc(Cl)c4)c(=O)n3C2)c1. The average molecular weight is 398 g/mol. The molecule has 5 nitrogen and oxygen atoms in total. The van der Waals surface area contributed by atoms with Crippen molar-refractivity contribution in [3.8, 4) is 0 Å². The van der Waals surface area contributed by atoms with E-state index in [1.54, 1.807) is 23.6 Å². The van der Waals surface area contributed by atoms with Gasteiger partial charge in [-0.05, 0) is 42.8 Å². The van der Waals surface area contributed by atoms with E-state index in [1.165, 1.54) is 11.3 Å². The van der Waals surface area contributed by atoms with Crippen LogP contribution in [-0.2, 0) is 6.67 Å². The smallest absolute Gasteiger partial charge is 0.271 e. The third-order valence-electron chi connectivity index (χ3n) is 4.34. The summed E-state index contributed by atoms with van der Waals surface area (Å²) in [5.41, 5.74) is 2.32. The van der Waals surface area contributed by atoms with E-state index in [0.29, 0.717) is 33.3 Å². The first-order valence-corrected chi connectivity index (χ1v) is 9.58. The molecule has 2 heterocycles. The molecule has 4 rings (SSSR count). The molecule has 1 aliphatic rings. The maximum atomic E-state index is 12.8. The van der Waals surface area contributed by atoms with Crippen LogP contribution in [0.3, 0.4) is 0 Å². The van der Waals surface area contributed by atoms with E-state index in [2.05, 4.69) is 4.99 Å². The van der Waals surface area contributed by atoms with Crippen molar-refractivity contribution in [2.75, 3.05) is 11.6 Å². The van der Waals surface area contributed by atoms with Crippen molar-refractivity contribution in [1.29, 1.82) is 0 Å². The molecule has 7 heteroatoms. The molecular weight excluding hydrogens is 382 g/mol. The predicted molar refractivity (Wildman–Crippen MR) is 108 cm³/mol. The Bertz CT molecular complexity index is 1210. The molecule has 0 atom stereocenters. The molecule has 0 radical (unpaired) electrons. The molecule has 0 bridgehead atoms. The van der Waals surface area contributed by atoms with Crippen LogP contribution in [-0.4, -0.2) is 17.0 Å². The summed E-state index contributed by atoms with van der Waals surface area (Å²) in [5, 5.41) is 0.631. The first-order valence-electron chi connectivity index (χ1n) is 8.38. The molecule has 0 fully saturated rings. The van der Waals surface area contributed by atoms with Crippen LogP contribution < -0.4 is 19.8 Å². The van der Waals surface area contributed by atoms with E-state index < -0.39 is 0 Å². The quantitative estimate of drug-likeness (QED) is 0.638. The number of aromatic nitrogens is 1. The van der Waals surface area contributed by atoms with E-state index in [9.17, 15) is 9.59 Å². The number of anilines is 1. The van der Waals surface area contributed by atoms with Gasteiger partial charge in [0, 0.05) is 16.3 Å². The topological polar surface area (TPSA) is 54.7 Å². The number of carbonyl (C=O) groups excluding carboxylic acids is 1. The summed E-state index contributed by atoms with van der Waals surface area (Å²) in [6.07, 6.45) is 1.83. The number of nitrogens with zero attached hydrogens (tertiary/aromatic N) is 3. The van der Waals surface area contributed by atoms with Gasteiger partial charge in [0.1, 0.15) is 13.3 Å². The number of carbonyl (C=O) groups is 1.